The molecule has 2 aromatic carbocycles. The Balaban J connectivity index is 1.82. The summed E-state index contributed by atoms with van der Waals surface area (Å²) >= 11 is 0. The highest BCUT2D eigenvalue weighted by Crippen LogP contribution is 2.26. The van der Waals surface area contributed by atoms with E-state index in [1.807, 2.05) is 6.92 Å². The summed E-state index contributed by atoms with van der Waals surface area (Å²) in [4.78, 5) is 23.9. The van der Waals surface area contributed by atoms with Crippen LogP contribution in [0.15, 0.2) is 47.6 Å². The molecule has 0 saturated heterocycles. The maximum Gasteiger partial charge on any atom is 0.259 e. The molecule has 0 bridgehead atoms. The molecule has 0 unspecified atom stereocenters. The third-order valence-corrected chi connectivity index (χ3v) is 3.65. The van der Waals surface area contributed by atoms with Crippen molar-refractivity contribution in [2.75, 3.05) is 27.4 Å². The number of hydrogen-bond acceptors (Lipinski definition) is 6. The van der Waals surface area contributed by atoms with E-state index in [0.29, 0.717) is 29.4 Å². The number of nitrogens with one attached hydrogen (secondary N) is 2. The maximum atomic E-state index is 12.0. The Kier molecular flexibility index (Phi) is 7.83. The number of rotatable bonds is 9. The first-order chi connectivity index (χ1) is 13.6. The van der Waals surface area contributed by atoms with E-state index >= 15 is 0 Å². The van der Waals surface area contributed by atoms with Crippen molar-refractivity contribution < 1.29 is 23.8 Å². The summed E-state index contributed by atoms with van der Waals surface area (Å²) in [6, 6.07) is 11.9. The Morgan fingerprint density at radius 3 is 2.39 bits per heavy atom. The van der Waals surface area contributed by atoms with Crippen LogP contribution in [0.1, 0.15) is 22.8 Å². The molecule has 28 heavy (non-hydrogen) atoms. The minimum atomic E-state index is -0.448. The first-order valence-corrected chi connectivity index (χ1v) is 8.62. The SMILES string of the molecule is CCOc1ccc(C(=O)NCC(=O)NN=Cc2ccc(OC)c(OC)c2)cc1. The predicted molar refractivity (Wildman–Crippen MR) is 105 cm³/mol. The second-order valence-corrected chi connectivity index (χ2v) is 5.55. The lowest BCUT2D eigenvalue weighted by Crippen LogP contribution is -2.34. The van der Waals surface area contributed by atoms with E-state index in [0.717, 1.165) is 5.56 Å². The first-order valence-electron chi connectivity index (χ1n) is 8.62. The fourth-order valence-electron chi connectivity index (χ4n) is 2.28. The zero-order valence-corrected chi connectivity index (χ0v) is 16.0. The molecule has 8 nitrogen and oxygen atoms in total. The van der Waals surface area contributed by atoms with E-state index in [1.54, 1.807) is 49.6 Å². The molecule has 0 heterocycles. The number of amides is 2. The van der Waals surface area contributed by atoms with Gasteiger partial charge in [-0.3, -0.25) is 9.59 Å². The van der Waals surface area contributed by atoms with E-state index in [4.69, 9.17) is 14.2 Å². The van der Waals surface area contributed by atoms with Crippen molar-refractivity contribution >= 4 is 18.0 Å². The van der Waals surface area contributed by atoms with Crippen LogP contribution in [0, 0.1) is 0 Å². The standard InChI is InChI=1S/C20H23N3O5/c1-4-28-16-8-6-15(7-9-16)20(25)21-13-19(24)23-22-12-14-5-10-17(26-2)18(11-14)27-3/h5-12H,4,13H2,1-3H3,(H,21,25)(H,23,24). The number of nitrogens with zero attached hydrogens (tertiary/aromatic N) is 1. The molecule has 2 N–H and O–H groups in total. The summed E-state index contributed by atoms with van der Waals surface area (Å²) in [7, 11) is 3.08. The Labute approximate surface area is 163 Å². The van der Waals surface area contributed by atoms with Crippen molar-refractivity contribution in [3.8, 4) is 17.2 Å². The van der Waals surface area contributed by atoms with Crippen molar-refractivity contribution in [1.29, 1.82) is 0 Å². The number of benzene rings is 2. The summed E-state index contributed by atoms with van der Waals surface area (Å²) in [5.41, 5.74) is 3.51. The van der Waals surface area contributed by atoms with Gasteiger partial charge < -0.3 is 19.5 Å². The lowest BCUT2D eigenvalue weighted by atomic mass is 10.2. The van der Waals surface area contributed by atoms with Gasteiger partial charge in [0.25, 0.3) is 11.8 Å². The second kappa shape index (κ2) is 10.6. The van der Waals surface area contributed by atoms with Crippen LogP contribution in [0.25, 0.3) is 0 Å². The number of ether oxygens (including phenoxy) is 3. The van der Waals surface area contributed by atoms with Crippen molar-refractivity contribution in [2.24, 2.45) is 5.10 Å². The fraction of sp³-hybridized carbons (Fsp3) is 0.250. The van der Waals surface area contributed by atoms with Gasteiger partial charge in [-0.05, 0) is 55.0 Å². The number of carbonyl (C=O) groups excluding carboxylic acids is 2. The third-order valence-electron chi connectivity index (χ3n) is 3.65. The molecule has 0 fully saturated rings. The second-order valence-electron chi connectivity index (χ2n) is 5.55. The Morgan fingerprint density at radius 1 is 1.04 bits per heavy atom. The highest BCUT2D eigenvalue weighted by molar-refractivity contribution is 5.96. The smallest absolute Gasteiger partial charge is 0.259 e. The van der Waals surface area contributed by atoms with Gasteiger partial charge in [0.1, 0.15) is 5.75 Å². The molecular formula is C20H23N3O5. The average Bonchev–Trinajstić information content (AvgIpc) is 2.72. The maximum absolute atomic E-state index is 12.0. The Bertz CT molecular complexity index is 834. The zero-order valence-electron chi connectivity index (χ0n) is 16.0. The summed E-state index contributed by atoms with van der Waals surface area (Å²) in [5.74, 6) is 1.03. The van der Waals surface area contributed by atoms with Gasteiger partial charge in [0, 0.05) is 5.56 Å². The number of hydrogen-bond donors (Lipinski definition) is 2. The lowest BCUT2D eigenvalue weighted by Gasteiger charge is -2.07. The Morgan fingerprint density at radius 2 is 1.75 bits per heavy atom. The monoisotopic (exact) mass is 385 g/mol. The quantitative estimate of drug-likeness (QED) is 0.508. The molecule has 0 aromatic heterocycles. The minimum Gasteiger partial charge on any atom is -0.494 e. The van der Waals surface area contributed by atoms with Gasteiger partial charge in [0.05, 0.1) is 33.6 Å². The lowest BCUT2D eigenvalue weighted by molar-refractivity contribution is -0.120. The number of hydrazone groups is 1. The Hall–Kier alpha value is -3.55. The molecule has 148 valence electrons. The molecule has 2 aromatic rings. The van der Waals surface area contributed by atoms with Gasteiger partial charge >= 0.3 is 0 Å². The van der Waals surface area contributed by atoms with Crippen LogP contribution in [0.2, 0.25) is 0 Å². The van der Waals surface area contributed by atoms with Gasteiger partial charge in [-0.25, -0.2) is 5.43 Å². The molecular weight excluding hydrogens is 362 g/mol. The molecule has 0 radical (unpaired) electrons. The topological polar surface area (TPSA) is 98.2 Å². The van der Waals surface area contributed by atoms with Crippen molar-refractivity contribution in [1.82, 2.24) is 10.7 Å². The van der Waals surface area contributed by atoms with Crippen LogP contribution in [0.3, 0.4) is 0 Å². The average molecular weight is 385 g/mol. The van der Waals surface area contributed by atoms with E-state index in [-0.39, 0.29) is 12.5 Å². The van der Waals surface area contributed by atoms with Crippen LogP contribution >= 0.6 is 0 Å². The highest BCUT2D eigenvalue weighted by atomic mass is 16.5. The van der Waals surface area contributed by atoms with E-state index in [2.05, 4.69) is 15.8 Å². The molecule has 0 atom stereocenters. The molecule has 0 saturated carbocycles. The first kappa shape index (κ1) is 20.8. The van der Waals surface area contributed by atoms with Crippen LogP contribution in [0.4, 0.5) is 0 Å². The van der Waals surface area contributed by atoms with Gasteiger partial charge in [0.2, 0.25) is 0 Å². The molecule has 0 aliphatic rings. The number of carbonyl (C=O) groups is 2. The van der Waals surface area contributed by atoms with E-state index in [1.165, 1.54) is 13.3 Å². The van der Waals surface area contributed by atoms with Gasteiger partial charge in [-0.1, -0.05) is 0 Å². The van der Waals surface area contributed by atoms with Gasteiger partial charge in [0.15, 0.2) is 11.5 Å². The molecule has 0 spiro atoms. The van der Waals surface area contributed by atoms with Crippen molar-refractivity contribution in [3.05, 3.63) is 53.6 Å². The fourth-order valence-corrected chi connectivity index (χ4v) is 2.28. The van der Waals surface area contributed by atoms with E-state index in [9.17, 15) is 9.59 Å². The zero-order chi connectivity index (χ0) is 20.4. The van der Waals surface area contributed by atoms with Gasteiger partial charge in [-0.2, -0.15) is 5.10 Å². The van der Waals surface area contributed by atoms with Crippen LogP contribution < -0.4 is 25.0 Å². The van der Waals surface area contributed by atoms with Crippen molar-refractivity contribution in [3.63, 3.8) is 0 Å². The summed E-state index contributed by atoms with van der Waals surface area (Å²) in [6.45, 7) is 2.23. The number of methoxy groups -OCH3 is 2. The van der Waals surface area contributed by atoms with Crippen LogP contribution in [0.5, 0.6) is 17.2 Å². The van der Waals surface area contributed by atoms with Crippen molar-refractivity contribution in [2.45, 2.75) is 6.92 Å². The van der Waals surface area contributed by atoms with Crippen LogP contribution in [-0.2, 0) is 4.79 Å². The summed E-state index contributed by atoms with van der Waals surface area (Å²) in [6.07, 6.45) is 1.47. The molecule has 0 aliphatic heterocycles. The predicted octanol–water partition coefficient (Wildman–Crippen LogP) is 1.98. The third kappa shape index (κ3) is 6.01. The normalized spacial score (nSPS) is 10.4. The largest absolute Gasteiger partial charge is 0.494 e. The molecule has 2 rings (SSSR count). The molecule has 2 amide bonds. The van der Waals surface area contributed by atoms with E-state index < -0.39 is 5.91 Å². The van der Waals surface area contributed by atoms with Crippen LogP contribution in [-0.4, -0.2) is 45.4 Å². The van der Waals surface area contributed by atoms with Gasteiger partial charge in [-0.15, -0.1) is 0 Å². The minimum absolute atomic E-state index is 0.199. The molecule has 8 heteroatoms. The highest BCUT2D eigenvalue weighted by Gasteiger charge is 2.08. The summed E-state index contributed by atoms with van der Waals surface area (Å²) < 4.78 is 15.7. The summed E-state index contributed by atoms with van der Waals surface area (Å²) in [5, 5.41) is 6.40. The molecule has 0 aliphatic carbocycles.